The summed E-state index contributed by atoms with van der Waals surface area (Å²) in [6, 6.07) is 0. The molecule has 0 N–H and O–H groups in total. The van der Waals surface area contributed by atoms with E-state index in [0.717, 1.165) is 0 Å². The van der Waals surface area contributed by atoms with Crippen molar-refractivity contribution >= 4 is 98.2 Å². The molecule has 4 radical (unpaired) electrons. The molecule has 0 aromatic heterocycles. The van der Waals surface area contributed by atoms with Gasteiger partial charge in [-0.2, -0.15) is 0 Å². The van der Waals surface area contributed by atoms with Gasteiger partial charge in [-0.3, -0.25) is 0 Å². The first-order chi connectivity index (χ1) is 0. The minimum Gasteiger partial charge on any atom is 0 e. The highest BCUT2D eigenvalue weighted by atomic mass is 27.0. The van der Waals surface area contributed by atoms with Gasteiger partial charge in [-0.15, -0.1) is 0 Å². The molecule has 0 aromatic carbocycles. The van der Waals surface area contributed by atoms with Crippen molar-refractivity contribution in [3.8, 4) is 0 Å². The Morgan fingerprint density at radius 3 is 0.400 bits per heavy atom. The fraction of sp³-hybridized carbons (Fsp3) is 0. The molecule has 0 amide bonds. The van der Waals surface area contributed by atoms with Crippen LogP contribution in [0.2, 0.25) is 0 Å². The van der Waals surface area contributed by atoms with Crippen LogP contribution >= 0.6 is 0 Å². The molecule has 0 bridgehead atoms. The van der Waals surface area contributed by atoms with Crippen LogP contribution in [0.1, 0.15) is 0 Å². The van der Waals surface area contributed by atoms with E-state index in [2.05, 4.69) is 0 Å². The van der Waals surface area contributed by atoms with Gasteiger partial charge in [0.05, 0.1) is 0 Å². The van der Waals surface area contributed by atoms with Gasteiger partial charge in [0.2, 0.25) is 0 Å². The van der Waals surface area contributed by atoms with E-state index < -0.39 is 0 Å². The third-order valence-electron chi connectivity index (χ3n) is 0. The van der Waals surface area contributed by atoms with Gasteiger partial charge >= 0.3 is 0 Å². The SMILES string of the molecule is [AlH3].[AlH3].[AlH3].[Mg].[Mg]. The molecule has 0 atom stereocenters. The van der Waals surface area contributed by atoms with Crippen LogP contribution in [0.4, 0.5) is 0 Å². The Morgan fingerprint density at radius 2 is 0.400 bits per heavy atom. The highest BCUT2D eigenvalue weighted by molar-refractivity contribution is 5.76. The summed E-state index contributed by atoms with van der Waals surface area (Å²) in [6.07, 6.45) is 0. The van der Waals surface area contributed by atoms with Gasteiger partial charge in [0, 0.05) is 46.1 Å². The maximum absolute atomic E-state index is 0. The van der Waals surface area contributed by atoms with Crippen molar-refractivity contribution in [3.63, 3.8) is 0 Å². The van der Waals surface area contributed by atoms with Crippen molar-refractivity contribution in [3.05, 3.63) is 0 Å². The number of hydrogen-bond donors (Lipinski definition) is 0. The van der Waals surface area contributed by atoms with Crippen LogP contribution < -0.4 is 0 Å². The molecule has 0 aromatic rings. The molecule has 0 saturated carbocycles. The summed E-state index contributed by atoms with van der Waals surface area (Å²) in [6.45, 7) is 0. The Labute approximate surface area is 96.5 Å². The predicted octanol–water partition coefficient (Wildman–Crippen LogP) is -4.31. The van der Waals surface area contributed by atoms with E-state index in [4.69, 9.17) is 0 Å². The van der Waals surface area contributed by atoms with Gasteiger partial charge in [0.15, 0.2) is 52.1 Å². The van der Waals surface area contributed by atoms with E-state index in [1.807, 2.05) is 0 Å². The highest BCUT2D eigenvalue weighted by Crippen LogP contribution is -0.377. The lowest BCUT2D eigenvalue weighted by Crippen LogP contribution is -0.382. The highest BCUT2D eigenvalue weighted by Gasteiger charge is 0.189. The topological polar surface area (TPSA) is 0 Å². The molecular weight excluding hydrogens is 130 g/mol. The molecule has 5 heteroatoms. The summed E-state index contributed by atoms with van der Waals surface area (Å²) < 4.78 is 0. The van der Waals surface area contributed by atoms with Crippen LogP contribution in [0.3, 0.4) is 0 Å². The van der Waals surface area contributed by atoms with Crippen LogP contribution in [0.25, 0.3) is 0 Å². The lowest BCUT2D eigenvalue weighted by Gasteiger charge is -0.001000. The summed E-state index contributed by atoms with van der Waals surface area (Å²) in [4.78, 5) is 0. The molecule has 0 nitrogen and oxygen atoms in total. The van der Waals surface area contributed by atoms with Gasteiger partial charge < -0.3 is 0 Å². The van der Waals surface area contributed by atoms with Crippen molar-refractivity contribution in [2.75, 3.05) is 0 Å². The molecule has 22 valence electrons. The number of rotatable bonds is 0. The summed E-state index contributed by atoms with van der Waals surface area (Å²) in [7, 11) is 0. The van der Waals surface area contributed by atoms with Gasteiger partial charge in [-0.25, -0.2) is 0 Å². The monoisotopic (exact) mass is 138 g/mol. The average molecular weight is 139 g/mol. The summed E-state index contributed by atoms with van der Waals surface area (Å²) in [5.41, 5.74) is 0. The zero-order valence-electron chi connectivity index (χ0n) is 1.41. The molecule has 0 unspecified atom stereocenters. The Bertz CT molecular complexity index is 4.85. The quantitative estimate of drug-likeness (QED) is 0.297. The molecule has 0 aliphatic rings. The lowest BCUT2D eigenvalue weighted by atomic mass is 24.3. The second-order valence-corrected chi connectivity index (χ2v) is 0. The van der Waals surface area contributed by atoms with Crippen LogP contribution in [0.5, 0.6) is 0 Å². The van der Waals surface area contributed by atoms with Crippen LogP contribution in [-0.4, -0.2) is 98.2 Å². The van der Waals surface area contributed by atoms with Crippen LogP contribution in [-0.2, 0) is 0 Å². The summed E-state index contributed by atoms with van der Waals surface area (Å²) in [5.74, 6) is 0. The maximum atomic E-state index is 0. The fourth-order valence-electron chi connectivity index (χ4n) is 0. The molecule has 0 aliphatic heterocycles. The largest absolute Gasteiger partial charge is 0.187 e. The van der Waals surface area contributed by atoms with E-state index in [1.165, 1.54) is 0 Å². The van der Waals surface area contributed by atoms with Gasteiger partial charge in [-0.1, -0.05) is 0 Å². The van der Waals surface area contributed by atoms with Crippen LogP contribution in [0, 0.1) is 0 Å². The van der Waals surface area contributed by atoms with Crippen molar-refractivity contribution in [1.29, 1.82) is 0 Å². The van der Waals surface area contributed by atoms with Crippen molar-refractivity contribution < 1.29 is 0 Å². The third-order valence-corrected chi connectivity index (χ3v) is 0. The Kier molecular flexibility index (Phi) is 231. The molecule has 0 rings (SSSR count). The fourth-order valence-corrected chi connectivity index (χ4v) is 0. The van der Waals surface area contributed by atoms with Crippen molar-refractivity contribution in [1.82, 2.24) is 0 Å². The summed E-state index contributed by atoms with van der Waals surface area (Å²) in [5, 5.41) is 0. The van der Waals surface area contributed by atoms with E-state index in [-0.39, 0.29) is 98.2 Å². The van der Waals surface area contributed by atoms with Gasteiger partial charge in [0.25, 0.3) is 0 Å². The molecule has 0 spiro atoms. The van der Waals surface area contributed by atoms with Crippen molar-refractivity contribution in [2.24, 2.45) is 0 Å². The Morgan fingerprint density at radius 1 is 0.400 bits per heavy atom. The zero-order chi connectivity index (χ0) is 0. The van der Waals surface area contributed by atoms with Crippen LogP contribution in [0.15, 0.2) is 0 Å². The second-order valence-electron chi connectivity index (χ2n) is 0. The average Bonchev–Trinajstić information content (AvgIpc) is 0. The third kappa shape index (κ3) is 19.2. The first-order valence-electron chi connectivity index (χ1n) is 0. The predicted molar refractivity (Wildman–Crippen MR) is 41.3 cm³/mol. The molecule has 5 heavy (non-hydrogen) atoms. The van der Waals surface area contributed by atoms with Gasteiger partial charge in [-0.05, 0) is 0 Å². The standard InChI is InChI=1S/3Al.2Mg.9H. The zero-order valence-corrected chi connectivity index (χ0v) is 4.24. The first-order valence-corrected chi connectivity index (χ1v) is 0. The molecule has 0 aliphatic carbocycles. The first kappa shape index (κ1) is 42.2. The van der Waals surface area contributed by atoms with E-state index >= 15 is 0 Å². The molecule has 0 heterocycles. The Balaban J connectivity index is 0. The van der Waals surface area contributed by atoms with Crippen molar-refractivity contribution in [2.45, 2.75) is 0 Å². The normalized spacial score (nSPS) is 0. The minimum absolute atomic E-state index is 0. The minimum atomic E-state index is 0. The summed E-state index contributed by atoms with van der Waals surface area (Å²) >= 11 is 0. The van der Waals surface area contributed by atoms with E-state index in [1.54, 1.807) is 0 Å². The molecule has 0 saturated heterocycles. The lowest BCUT2D eigenvalue weighted by molar-refractivity contribution is 5.75. The number of hydrogen-bond acceptors (Lipinski definition) is 0. The van der Waals surface area contributed by atoms with Gasteiger partial charge in [0.1, 0.15) is 0 Å². The smallest absolute Gasteiger partial charge is 0 e. The molecule has 0 fully saturated rings. The van der Waals surface area contributed by atoms with E-state index in [0.29, 0.717) is 0 Å². The van der Waals surface area contributed by atoms with E-state index in [9.17, 15) is 0 Å². The Hall–Kier alpha value is 3.13. The molecular formula is H9Al3Mg2. The second kappa shape index (κ2) is 27.3. The maximum Gasteiger partial charge on any atom is 0.187 e.